The minimum Gasteiger partial charge on any atom is -0.348 e. The number of amides is 2. The van der Waals surface area contributed by atoms with E-state index < -0.39 is 0 Å². The van der Waals surface area contributed by atoms with Crippen molar-refractivity contribution in [2.24, 2.45) is 0 Å². The molecule has 2 atom stereocenters. The third-order valence-corrected chi connectivity index (χ3v) is 5.67. The van der Waals surface area contributed by atoms with Gasteiger partial charge in [-0.25, -0.2) is 0 Å². The fourth-order valence-corrected chi connectivity index (χ4v) is 4.40. The van der Waals surface area contributed by atoms with Gasteiger partial charge in [-0.05, 0) is 50.4 Å². The van der Waals surface area contributed by atoms with E-state index in [-0.39, 0.29) is 17.9 Å². The number of anilines is 1. The Morgan fingerprint density at radius 1 is 1.08 bits per heavy atom. The monoisotopic (exact) mass is 327 g/mol. The number of hydrogen-bond acceptors (Lipinski definition) is 3. The molecule has 0 aliphatic carbocycles. The van der Waals surface area contributed by atoms with E-state index >= 15 is 0 Å². The van der Waals surface area contributed by atoms with E-state index in [0.717, 1.165) is 31.6 Å². The van der Waals surface area contributed by atoms with Crippen LogP contribution in [0.1, 0.15) is 48.9 Å². The maximum atomic E-state index is 12.7. The molecule has 2 amide bonds. The summed E-state index contributed by atoms with van der Waals surface area (Å²) in [6, 6.07) is 8.25. The summed E-state index contributed by atoms with van der Waals surface area (Å²) in [6.45, 7) is 3.02. The highest BCUT2D eigenvalue weighted by molar-refractivity contribution is 5.99. The summed E-state index contributed by atoms with van der Waals surface area (Å²) < 4.78 is 0. The predicted molar refractivity (Wildman–Crippen MR) is 93.1 cm³/mol. The van der Waals surface area contributed by atoms with Crippen LogP contribution in [-0.4, -0.2) is 48.4 Å². The van der Waals surface area contributed by atoms with E-state index in [2.05, 4.69) is 10.2 Å². The van der Waals surface area contributed by atoms with Gasteiger partial charge in [-0.2, -0.15) is 0 Å². The molecule has 0 radical (unpaired) electrons. The lowest BCUT2D eigenvalue weighted by Gasteiger charge is -2.32. The molecule has 128 valence electrons. The Kier molecular flexibility index (Phi) is 4.27. The molecule has 0 saturated carbocycles. The van der Waals surface area contributed by atoms with Gasteiger partial charge >= 0.3 is 0 Å². The molecule has 4 rings (SSSR count). The molecular formula is C19H25N3O2. The van der Waals surface area contributed by atoms with Gasteiger partial charge in [0.2, 0.25) is 5.91 Å². The highest BCUT2D eigenvalue weighted by atomic mass is 16.2. The van der Waals surface area contributed by atoms with Crippen LogP contribution in [0.4, 0.5) is 5.69 Å². The lowest BCUT2D eigenvalue weighted by molar-refractivity contribution is -0.117. The SMILES string of the molecule is O=C(NC1CCN2CCCCC12)c1cccc(N2CCCC2=O)c1. The Balaban J connectivity index is 1.46. The van der Waals surface area contributed by atoms with Crippen LogP contribution in [0.15, 0.2) is 24.3 Å². The minimum atomic E-state index is -0.0130. The summed E-state index contributed by atoms with van der Waals surface area (Å²) in [5, 5.41) is 3.24. The molecule has 24 heavy (non-hydrogen) atoms. The van der Waals surface area contributed by atoms with Crippen molar-refractivity contribution in [2.75, 3.05) is 24.5 Å². The summed E-state index contributed by atoms with van der Waals surface area (Å²) >= 11 is 0. The Hall–Kier alpha value is -1.88. The van der Waals surface area contributed by atoms with Crippen molar-refractivity contribution in [1.82, 2.24) is 10.2 Å². The van der Waals surface area contributed by atoms with Crippen molar-refractivity contribution < 1.29 is 9.59 Å². The van der Waals surface area contributed by atoms with Gasteiger partial charge in [-0.15, -0.1) is 0 Å². The molecule has 1 aromatic rings. The van der Waals surface area contributed by atoms with Gasteiger partial charge in [0.1, 0.15) is 0 Å². The number of fused-ring (bicyclic) bond motifs is 1. The number of carbonyl (C=O) groups is 2. The smallest absolute Gasteiger partial charge is 0.251 e. The van der Waals surface area contributed by atoms with Gasteiger partial charge in [0.05, 0.1) is 0 Å². The second-order valence-electron chi connectivity index (χ2n) is 7.17. The van der Waals surface area contributed by atoms with Crippen molar-refractivity contribution in [1.29, 1.82) is 0 Å². The molecule has 0 bridgehead atoms. The van der Waals surface area contributed by atoms with Crippen LogP contribution in [0, 0.1) is 0 Å². The van der Waals surface area contributed by atoms with Gasteiger partial charge < -0.3 is 10.2 Å². The number of nitrogens with zero attached hydrogens (tertiary/aromatic N) is 2. The number of carbonyl (C=O) groups excluding carboxylic acids is 2. The zero-order chi connectivity index (χ0) is 16.5. The Bertz CT molecular complexity index is 645. The van der Waals surface area contributed by atoms with E-state index in [9.17, 15) is 9.59 Å². The van der Waals surface area contributed by atoms with Crippen LogP contribution in [0.25, 0.3) is 0 Å². The number of nitrogens with one attached hydrogen (secondary N) is 1. The third kappa shape index (κ3) is 2.93. The topological polar surface area (TPSA) is 52.7 Å². The fourth-order valence-electron chi connectivity index (χ4n) is 4.40. The summed E-state index contributed by atoms with van der Waals surface area (Å²) in [6.07, 6.45) is 6.28. The van der Waals surface area contributed by atoms with Crippen LogP contribution in [0.5, 0.6) is 0 Å². The van der Waals surface area contributed by atoms with Crippen LogP contribution >= 0.6 is 0 Å². The lowest BCUT2D eigenvalue weighted by atomic mass is 9.98. The zero-order valence-electron chi connectivity index (χ0n) is 14.0. The highest BCUT2D eigenvalue weighted by Crippen LogP contribution is 2.28. The quantitative estimate of drug-likeness (QED) is 0.926. The Labute approximate surface area is 143 Å². The number of rotatable bonds is 3. The molecule has 3 fully saturated rings. The van der Waals surface area contributed by atoms with Crippen molar-refractivity contribution in [3.63, 3.8) is 0 Å². The second-order valence-corrected chi connectivity index (χ2v) is 7.17. The van der Waals surface area contributed by atoms with Crippen molar-refractivity contribution in [2.45, 2.75) is 50.6 Å². The largest absolute Gasteiger partial charge is 0.348 e. The highest BCUT2D eigenvalue weighted by Gasteiger charge is 2.36. The van der Waals surface area contributed by atoms with Crippen LogP contribution in [-0.2, 0) is 4.79 Å². The first-order chi connectivity index (χ1) is 11.7. The van der Waals surface area contributed by atoms with Gasteiger partial charge in [-0.1, -0.05) is 12.5 Å². The van der Waals surface area contributed by atoms with Gasteiger partial charge in [-0.3, -0.25) is 14.5 Å². The number of piperidine rings is 1. The standard InChI is InChI=1S/C19H25N3O2/c23-18-8-4-11-22(18)15-6-3-5-14(13-15)19(24)20-16-9-12-21-10-2-1-7-17(16)21/h3,5-6,13,16-17H,1-2,4,7-12H2,(H,20,24). The molecule has 3 saturated heterocycles. The Morgan fingerprint density at radius 3 is 2.83 bits per heavy atom. The normalized spacial score (nSPS) is 27.3. The maximum Gasteiger partial charge on any atom is 0.251 e. The first-order valence-electron chi connectivity index (χ1n) is 9.18. The molecule has 3 aliphatic rings. The molecule has 1 N–H and O–H groups in total. The maximum absolute atomic E-state index is 12.7. The van der Waals surface area contributed by atoms with Crippen molar-refractivity contribution in [3.05, 3.63) is 29.8 Å². The molecule has 0 spiro atoms. The van der Waals surface area contributed by atoms with E-state index in [1.807, 2.05) is 24.3 Å². The second kappa shape index (κ2) is 6.55. The first-order valence-corrected chi connectivity index (χ1v) is 9.18. The number of hydrogen-bond donors (Lipinski definition) is 1. The van der Waals surface area contributed by atoms with E-state index in [1.165, 1.54) is 25.8 Å². The average Bonchev–Trinajstić information content (AvgIpc) is 3.22. The molecule has 3 aliphatic heterocycles. The van der Waals surface area contributed by atoms with E-state index in [4.69, 9.17) is 0 Å². The van der Waals surface area contributed by atoms with Gasteiger partial charge in [0.25, 0.3) is 5.91 Å². The molecule has 0 aromatic heterocycles. The summed E-state index contributed by atoms with van der Waals surface area (Å²) in [4.78, 5) is 28.9. The van der Waals surface area contributed by atoms with Crippen LogP contribution in [0.2, 0.25) is 0 Å². The average molecular weight is 327 g/mol. The van der Waals surface area contributed by atoms with Crippen LogP contribution < -0.4 is 10.2 Å². The molecule has 2 unspecified atom stereocenters. The molecule has 3 heterocycles. The molecular weight excluding hydrogens is 302 g/mol. The summed E-state index contributed by atoms with van der Waals surface area (Å²) in [5.41, 5.74) is 1.50. The summed E-state index contributed by atoms with van der Waals surface area (Å²) in [5.74, 6) is 0.141. The first kappa shape index (κ1) is 15.6. The fraction of sp³-hybridized carbons (Fsp3) is 0.579. The molecule has 5 nitrogen and oxygen atoms in total. The van der Waals surface area contributed by atoms with Crippen LogP contribution in [0.3, 0.4) is 0 Å². The summed E-state index contributed by atoms with van der Waals surface area (Å²) in [7, 11) is 0. The van der Waals surface area contributed by atoms with Crippen molar-refractivity contribution >= 4 is 17.5 Å². The minimum absolute atomic E-state index is 0.0130. The predicted octanol–water partition coefficient (Wildman–Crippen LogP) is 2.17. The van der Waals surface area contributed by atoms with Gasteiger partial charge in [0, 0.05) is 42.8 Å². The Morgan fingerprint density at radius 2 is 2.00 bits per heavy atom. The molecule has 1 aromatic carbocycles. The van der Waals surface area contributed by atoms with Gasteiger partial charge in [0.15, 0.2) is 0 Å². The van der Waals surface area contributed by atoms with E-state index in [1.54, 1.807) is 4.90 Å². The zero-order valence-corrected chi connectivity index (χ0v) is 14.0. The number of benzene rings is 1. The lowest BCUT2D eigenvalue weighted by Crippen LogP contribution is -2.46. The van der Waals surface area contributed by atoms with E-state index in [0.29, 0.717) is 18.0 Å². The van der Waals surface area contributed by atoms with Crippen molar-refractivity contribution in [3.8, 4) is 0 Å². The third-order valence-electron chi connectivity index (χ3n) is 5.67. The molecule has 5 heteroatoms.